The number of methoxy groups -OCH3 is 3. The Hall–Kier alpha value is -3.22. The molecular formula is C22H26N2O5. The number of nitrogens with zero attached hydrogens (tertiary/aromatic N) is 1. The molecule has 1 atom stereocenters. The van der Waals surface area contributed by atoms with Crippen molar-refractivity contribution in [3.05, 3.63) is 53.6 Å². The minimum atomic E-state index is -0.143. The third-order valence-electron chi connectivity index (χ3n) is 4.90. The van der Waals surface area contributed by atoms with Gasteiger partial charge in [0.1, 0.15) is 0 Å². The zero-order valence-corrected chi connectivity index (χ0v) is 16.9. The number of hydrogen-bond acceptors (Lipinski definition) is 5. The number of carbonyl (C=O) groups is 2. The Kier molecular flexibility index (Phi) is 6.59. The van der Waals surface area contributed by atoms with Crippen LogP contribution in [0, 0.1) is 0 Å². The van der Waals surface area contributed by atoms with Gasteiger partial charge in [-0.05, 0) is 29.7 Å². The molecule has 154 valence electrons. The molecule has 0 unspecified atom stereocenters. The normalized spacial score (nSPS) is 16.2. The summed E-state index contributed by atoms with van der Waals surface area (Å²) in [5.41, 5.74) is 1.85. The van der Waals surface area contributed by atoms with E-state index in [9.17, 15) is 9.59 Å². The summed E-state index contributed by atoms with van der Waals surface area (Å²) in [6.45, 7) is 0.540. The van der Waals surface area contributed by atoms with Crippen molar-refractivity contribution in [3.8, 4) is 17.2 Å². The summed E-state index contributed by atoms with van der Waals surface area (Å²) in [6.07, 6.45) is 0.822. The SMILES string of the molecule is COc1cc(CC(=O)N2CC(=O)N[C@@H](Cc3ccccc3)C2)cc(OC)c1OC. The van der Waals surface area contributed by atoms with Gasteiger partial charge < -0.3 is 24.4 Å². The fraction of sp³-hybridized carbons (Fsp3) is 0.364. The maximum atomic E-state index is 12.9. The Bertz CT molecular complexity index is 844. The smallest absolute Gasteiger partial charge is 0.239 e. The zero-order valence-electron chi connectivity index (χ0n) is 16.9. The molecule has 7 nitrogen and oxygen atoms in total. The molecule has 1 fully saturated rings. The molecule has 0 spiro atoms. The van der Waals surface area contributed by atoms with Crippen LogP contribution in [0.2, 0.25) is 0 Å². The Balaban J connectivity index is 1.72. The monoisotopic (exact) mass is 398 g/mol. The molecule has 1 N–H and O–H groups in total. The second-order valence-corrected chi connectivity index (χ2v) is 6.94. The van der Waals surface area contributed by atoms with E-state index in [1.165, 1.54) is 21.3 Å². The number of ether oxygens (including phenoxy) is 3. The largest absolute Gasteiger partial charge is 0.493 e. The van der Waals surface area contributed by atoms with Crippen molar-refractivity contribution in [2.24, 2.45) is 0 Å². The Labute approximate surface area is 170 Å². The van der Waals surface area contributed by atoms with Crippen LogP contribution in [-0.2, 0) is 22.4 Å². The van der Waals surface area contributed by atoms with Gasteiger partial charge in [0.25, 0.3) is 0 Å². The molecule has 3 rings (SSSR count). The molecule has 2 aromatic carbocycles. The molecule has 0 bridgehead atoms. The lowest BCUT2D eigenvalue weighted by Crippen LogP contribution is -2.56. The average Bonchev–Trinajstić information content (AvgIpc) is 2.73. The van der Waals surface area contributed by atoms with Gasteiger partial charge >= 0.3 is 0 Å². The Morgan fingerprint density at radius 1 is 1.03 bits per heavy atom. The highest BCUT2D eigenvalue weighted by Gasteiger charge is 2.28. The third-order valence-corrected chi connectivity index (χ3v) is 4.90. The molecule has 0 aromatic heterocycles. The Morgan fingerprint density at radius 3 is 2.28 bits per heavy atom. The van der Waals surface area contributed by atoms with Gasteiger partial charge in [-0.2, -0.15) is 0 Å². The zero-order chi connectivity index (χ0) is 20.8. The van der Waals surface area contributed by atoms with E-state index in [4.69, 9.17) is 14.2 Å². The van der Waals surface area contributed by atoms with Gasteiger partial charge in [-0.3, -0.25) is 9.59 Å². The van der Waals surface area contributed by atoms with E-state index in [2.05, 4.69) is 5.32 Å². The number of nitrogens with one attached hydrogen (secondary N) is 1. The third kappa shape index (κ3) is 4.99. The molecule has 7 heteroatoms. The number of benzene rings is 2. The first kappa shape index (κ1) is 20.5. The van der Waals surface area contributed by atoms with Gasteiger partial charge in [-0.15, -0.1) is 0 Å². The van der Waals surface area contributed by atoms with Crippen LogP contribution in [0.3, 0.4) is 0 Å². The number of rotatable bonds is 7. The van der Waals surface area contributed by atoms with Gasteiger partial charge in [-0.1, -0.05) is 30.3 Å². The van der Waals surface area contributed by atoms with Crippen LogP contribution >= 0.6 is 0 Å². The molecule has 1 heterocycles. The average molecular weight is 398 g/mol. The van der Waals surface area contributed by atoms with Crippen LogP contribution in [-0.4, -0.2) is 57.2 Å². The molecule has 0 saturated carbocycles. The van der Waals surface area contributed by atoms with Crippen molar-refractivity contribution in [2.45, 2.75) is 18.9 Å². The summed E-state index contributed by atoms with van der Waals surface area (Å²) in [5.74, 6) is 1.20. The van der Waals surface area contributed by atoms with Gasteiger partial charge in [0.05, 0.1) is 40.3 Å². The fourth-order valence-corrected chi connectivity index (χ4v) is 3.55. The topological polar surface area (TPSA) is 77.1 Å². The van der Waals surface area contributed by atoms with E-state index in [-0.39, 0.29) is 30.8 Å². The minimum Gasteiger partial charge on any atom is -0.493 e. The number of amides is 2. The second-order valence-electron chi connectivity index (χ2n) is 6.94. The van der Waals surface area contributed by atoms with E-state index in [1.807, 2.05) is 30.3 Å². The second kappa shape index (κ2) is 9.32. The highest BCUT2D eigenvalue weighted by molar-refractivity contribution is 5.87. The number of piperazine rings is 1. The lowest BCUT2D eigenvalue weighted by molar-refractivity contribution is -0.139. The highest BCUT2D eigenvalue weighted by atomic mass is 16.5. The lowest BCUT2D eigenvalue weighted by Gasteiger charge is -2.33. The van der Waals surface area contributed by atoms with Crippen molar-refractivity contribution in [3.63, 3.8) is 0 Å². The first-order valence-electron chi connectivity index (χ1n) is 9.44. The molecule has 0 radical (unpaired) electrons. The molecule has 2 amide bonds. The molecule has 0 aliphatic carbocycles. The van der Waals surface area contributed by atoms with Crippen molar-refractivity contribution < 1.29 is 23.8 Å². The van der Waals surface area contributed by atoms with E-state index in [0.29, 0.717) is 30.2 Å². The van der Waals surface area contributed by atoms with Crippen LogP contribution in [0.5, 0.6) is 17.2 Å². The van der Waals surface area contributed by atoms with Crippen LogP contribution in [0.25, 0.3) is 0 Å². The highest BCUT2D eigenvalue weighted by Crippen LogP contribution is 2.38. The molecular weight excluding hydrogens is 372 g/mol. The summed E-state index contributed by atoms with van der Waals surface area (Å²) < 4.78 is 16.0. The van der Waals surface area contributed by atoms with E-state index < -0.39 is 0 Å². The molecule has 29 heavy (non-hydrogen) atoms. The quantitative estimate of drug-likeness (QED) is 0.770. The van der Waals surface area contributed by atoms with Gasteiger partial charge in [-0.25, -0.2) is 0 Å². The predicted octanol–water partition coefficient (Wildman–Crippen LogP) is 1.82. The van der Waals surface area contributed by atoms with E-state index in [0.717, 1.165) is 11.1 Å². The Morgan fingerprint density at radius 2 is 1.69 bits per heavy atom. The maximum Gasteiger partial charge on any atom is 0.239 e. The lowest BCUT2D eigenvalue weighted by atomic mass is 10.0. The van der Waals surface area contributed by atoms with Gasteiger partial charge in [0.15, 0.2) is 11.5 Å². The summed E-state index contributed by atoms with van der Waals surface area (Å²) in [7, 11) is 4.60. The summed E-state index contributed by atoms with van der Waals surface area (Å²) in [4.78, 5) is 26.7. The summed E-state index contributed by atoms with van der Waals surface area (Å²) in [5, 5.41) is 2.98. The van der Waals surface area contributed by atoms with Crippen molar-refractivity contribution in [2.75, 3.05) is 34.4 Å². The maximum absolute atomic E-state index is 12.9. The fourth-order valence-electron chi connectivity index (χ4n) is 3.55. The molecule has 2 aromatic rings. The van der Waals surface area contributed by atoms with E-state index in [1.54, 1.807) is 17.0 Å². The predicted molar refractivity (Wildman–Crippen MR) is 108 cm³/mol. The van der Waals surface area contributed by atoms with Gasteiger partial charge in [0.2, 0.25) is 17.6 Å². The van der Waals surface area contributed by atoms with Gasteiger partial charge in [0, 0.05) is 6.54 Å². The van der Waals surface area contributed by atoms with Crippen LogP contribution in [0.4, 0.5) is 0 Å². The molecule has 1 aliphatic heterocycles. The summed E-state index contributed by atoms with van der Waals surface area (Å²) >= 11 is 0. The number of carbonyl (C=O) groups excluding carboxylic acids is 2. The molecule has 1 aliphatic rings. The van der Waals surface area contributed by atoms with Crippen molar-refractivity contribution >= 4 is 11.8 Å². The summed E-state index contributed by atoms with van der Waals surface area (Å²) in [6, 6.07) is 13.3. The first-order valence-corrected chi connectivity index (χ1v) is 9.44. The number of hydrogen-bond donors (Lipinski definition) is 1. The van der Waals surface area contributed by atoms with Crippen LogP contribution in [0.1, 0.15) is 11.1 Å². The minimum absolute atomic E-state index is 0.0640. The van der Waals surface area contributed by atoms with Crippen molar-refractivity contribution in [1.29, 1.82) is 0 Å². The standard InChI is InChI=1S/C22H26N2O5/c1-27-18-10-16(11-19(28-2)22(18)29-3)12-21(26)24-13-17(23-20(25)14-24)9-15-7-5-4-6-8-15/h4-8,10-11,17H,9,12-14H2,1-3H3,(H,23,25)/t17-/m0/s1. The first-order chi connectivity index (χ1) is 14.0. The van der Waals surface area contributed by atoms with Crippen LogP contribution < -0.4 is 19.5 Å². The van der Waals surface area contributed by atoms with E-state index >= 15 is 0 Å². The molecule has 1 saturated heterocycles. The van der Waals surface area contributed by atoms with Crippen LogP contribution in [0.15, 0.2) is 42.5 Å². The van der Waals surface area contributed by atoms with Crippen molar-refractivity contribution in [1.82, 2.24) is 10.2 Å².